The van der Waals surface area contributed by atoms with Gasteiger partial charge in [0.05, 0.1) is 6.21 Å². The van der Waals surface area contributed by atoms with Gasteiger partial charge in [0.25, 0.3) is 0 Å². The molecule has 1 aromatic rings. The molecule has 0 unspecified atom stereocenters. The van der Waals surface area contributed by atoms with Crippen LogP contribution in [0.4, 0.5) is 0 Å². The SMILES string of the molecule is CCN(CC)CCOc1ccccc1C=NO. The van der Waals surface area contributed by atoms with Crippen LogP contribution in [0.15, 0.2) is 29.4 Å². The van der Waals surface area contributed by atoms with Crippen molar-refractivity contribution in [3.05, 3.63) is 29.8 Å². The van der Waals surface area contributed by atoms with Crippen LogP contribution in [0.25, 0.3) is 0 Å². The largest absolute Gasteiger partial charge is 0.492 e. The first-order valence-electron chi connectivity index (χ1n) is 5.93. The van der Waals surface area contributed by atoms with Gasteiger partial charge in [-0.05, 0) is 25.2 Å². The molecule has 0 fully saturated rings. The topological polar surface area (TPSA) is 45.1 Å². The normalized spacial score (nSPS) is 11.2. The second kappa shape index (κ2) is 7.68. The maximum Gasteiger partial charge on any atom is 0.128 e. The zero-order valence-electron chi connectivity index (χ0n) is 10.5. The number of hydrogen-bond acceptors (Lipinski definition) is 4. The quantitative estimate of drug-likeness (QED) is 0.448. The molecule has 0 bridgehead atoms. The minimum Gasteiger partial charge on any atom is -0.492 e. The average Bonchev–Trinajstić information content (AvgIpc) is 2.37. The molecule has 1 N–H and O–H groups in total. The van der Waals surface area contributed by atoms with Crippen molar-refractivity contribution < 1.29 is 9.94 Å². The van der Waals surface area contributed by atoms with Gasteiger partial charge in [0.15, 0.2) is 0 Å². The molecule has 1 rings (SSSR count). The number of rotatable bonds is 7. The highest BCUT2D eigenvalue weighted by Crippen LogP contribution is 2.15. The van der Waals surface area contributed by atoms with Crippen LogP contribution in [0, 0.1) is 0 Å². The molecule has 94 valence electrons. The summed E-state index contributed by atoms with van der Waals surface area (Å²) >= 11 is 0. The molecule has 4 nitrogen and oxygen atoms in total. The zero-order chi connectivity index (χ0) is 12.5. The Kier molecular flexibility index (Phi) is 6.10. The van der Waals surface area contributed by atoms with Gasteiger partial charge in [0.2, 0.25) is 0 Å². The number of benzene rings is 1. The van der Waals surface area contributed by atoms with E-state index in [1.165, 1.54) is 6.21 Å². The molecule has 4 heteroatoms. The maximum absolute atomic E-state index is 8.54. The molecule has 0 radical (unpaired) electrons. The van der Waals surface area contributed by atoms with Gasteiger partial charge in [0, 0.05) is 12.1 Å². The summed E-state index contributed by atoms with van der Waals surface area (Å²) in [5, 5.41) is 11.6. The lowest BCUT2D eigenvalue weighted by molar-refractivity contribution is 0.222. The highest BCUT2D eigenvalue weighted by Gasteiger charge is 2.02. The fraction of sp³-hybridized carbons (Fsp3) is 0.462. The summed E-state index contributed by atoms with van der Waals surface area (Å²) in [6.45, 7) is 7.86. The molecule has 0 amide bonds. The predicted molar refractivity (Wildman–Crippen MR) is 69.1 cm³/mol. The van der Waals surface area contributed by atoms with Crippen molar-refractivity contribution in [1.29, 1.82) is 0 Å². The second-order valence-corrected chi connectivity index (χ2v) is 3.66. The standard InChI is InChI=1S/C13H20N2O2/c1-3-15(4-2)9-10-17-13-8-6-5-7-12(13)11-14-16/h5-8,11,16H,3-4,9-10H2,1-2H3. The van der Waals surface area contributed by atoms with E-state index in [0.717, 1.165) is 30.9 Å². The summed E-state index contributed by atoms with van der Waals surface area (Å²) in [6, 6.07) is 7.52. The van der Waals surface area contributed by atoms with Gasteiger partial charge in [-0.1, -0.05) is 31.1 Å². The van der Waals surface area contributed by atoms with Crippen LogP contribution >= 0.6 is 0 Å². The van der Waals surface area contributed by atoms with E-state index in [1.807, 2.05) is 24.3 Å². The summed E-state index contributed by atoms with van der Waals surface area (Å²) in [6.07, 6.45) is 1.38. The van der Waals surface area contributed by atoms with Crippen molar-refractivity contribution in [3.63, 3.8) is 0 Å². The Morgan fingerprint density at radius 2 is 2.00 bits per heavy atom. The number of nitrogens with zero attached hydrogens (tertiary/aromatic N) is 2. The molecule has 17 heavy (non-hydrogen) atoms. The van der Waals surface area contributed by atoms with E-state index in [0.29, 0.717) is 6.61 Å². The van der Waals surface area contributed by atoms with Crippen molar-refractivity contribution in [1.82, 2.24) is 4.90 Å². The van der Waals surface area contributed by atoms with E-state index >= 15 is 0 Å². The summed E-state index contributed by atoms with van der Waals surface area (Å²) in [7, 11) is 0. The molecule has 0 aliphatic heterocycles. The van der Waals surface area contributed by atoms with Gasteiger partial charge in [-0.3, -0.25) is 0 Å². The third-order valence-electron chi connectivity index (χ3n) is 2.68. The fourth-order valence-electron chi connectivity index (χ4n) is 1.61. The molecule has 0 heterocycles. The monoisotopic (exact) mass is 236 g/mol. The first-order chi connectivity index (χ1) is 8.31. The van der Waals surface area contributed by atoms with Gasteiger partial charge in [-0.15, -0.1) is 0 Å². The molecule has 0 aliphatic carbocycles. The Hall–Kier alpha value is -1.55. The molecule has 0 spiro atoms. The molecule has 0 aliphatic rings. The van der Waals surface area contributed by atoms with Crippen LogP contribution in [0.5, 0.6) is 5.75 Å². The Bertz CT molecular complexity index is 349. The van der Waals surface area contributed by atoms with Crippen molar-refractivity contribution in [2.24, 2.45) is 5.16 Å². The minimum absolute atomic E-state index is 0.637. The van der Waals surface area contributed by atoms with E-state index in [1.54, 1.807) is 0 Å². The Balaban J connectivity index is 2.51. The van der Waals surface area contributed by atoms with Crippen LogP contribution in [-0.4, -0.2) is 42.6 Å². The minimum atomic E-state index is 0.637. The lowest BCUT2D eigenvalue weighted by atomic mass is 10.2. The second-order valence-electron chi connectivity index (χ2n) is 3.66. The Morgan fingerprint density at radius 3 is 2.65 bits per heavy atom. The highest BCUT2D eigenvalue weighted by molar-refractivity contribution is 5.82. The summed E-state index contributed by atoms with van der Waals surface area (Å²) < 4.78 is 5.68. The van der Waals surface area contributed by atoms with Gasteiger partial charge in [-0.25, -0.2) is 0 Å². The predicted octanol–water partition coefficient (Wildman–Crippen LogP) is 2.22. The van der Waals surface area contributed by atoms with Gasteiger partial charge in [0.1, 0.15) is 12.4 Å². The van der Waals surface area contributed by atoms with Crippen molar-refractivity contribution in [3.8, 4) is 5.75 Å². The van der Waals surface area contributed by atoms with E-state index < -0.39 is 0 Å². The van der Waals surface area contributed by atoms with Crippen LogP contribution in [0.3, 0.4) is 0 Å². The number of oxime groups is 1. The molecular weight excluding hydrogens is 216 g/mol. The fourth-order valence-corrected chi connectivity index (χ4v) is 1.61. The van der Waals surface area contributed by atoms with E-state index in [-0.39, 0.29) is 0 Å². The van der Waals surface area contributed by atoms with Gasteiger partial charge in [-0.2, -0.15) is 0 Å². The molecule has 0 saturated carbocycles. The van der Waals surface area contributed by atoms with Crippen molar-refractivity contribution >= 4 is 6.21 Å². The summed E-state index contributed by atoms with van der Waals surface area (Å²) in [4.78, 5) is 2.29. The lowest BCUT2D eigenvalue weighted by Crippen LogP contribution is -2.28. The molecule has 1 aromatic carbocycles. The zero-order valence-corrected chi connectivity index (χ0v) is 10.5. The maximum atomic E-state index is 8.54. The third kappa shape index (κ3) is 4.44. The van der Waals surface area contributed by atoms with Crippen LogP contribution in [0.1, 0.15) is 19.4 Å². The van der Waals surface area contributed by atoms with Crippen LogP contribution in [-0.2, 0) is 0 Å². The summed E-state index contributed by atoms with van der Waals surface area (Å²) in [5.41, 5.74) is 0.787. The first-order valence-corrected chi connectivity index (χ1v) is 5.93. The third-order valence-corrected chi connectivity index (χ3v) is 2.68. The number of hydrogen-bond donors (Lipinski definition) is 1. The van der Waals surface area contributed by atoms with E-state index in [2.05, 4.69) is 23.9 Å². The number of ether oxygens (including phenoxy) is 1. The van der Waals surface area contributed by atoms with E-state index in [9.17, 15) is 0 Å². The van der Waals surface area contributed by atoms with Gasteiger partial charge >= 0.3 is 0 Å². The van der Waals surface area contributed by atoms with E-state index in [4.69, 9.17) is 9.94 Å². The van der Waals surface area contributed by atoms with Crippen molar-refractivity contribution in [2.75, 3.05) is 26.2 Å². The van der Waals surface area contributed by atoms with Crippen LogP contribution < -0.4 is 4.74 Å². The molecular formula is C13H20N2O2. The molecule has 0 atom stereocenters. The highest BCUT2D eigenvalue weighted by atomic mass is 16.5. The Morgan fingerprint density at radius 1 is 1.29 bits per heavy atom. The van der Waals surface area contributed by atoms with Crippen molar-refractivity contribution in [2.45, 2.75) is 13.8 Å². The Labute approximate surface area is 103 Å². The lowest BCUT2D eigenvalue weighted by Gasteiger charge is -2.18. The number of para-hydroxylation sites is 1. The summed E-state index contributed by atoms with van der Waals surface area (Å²) in [5.74, 6) is 0.748. The van der Waals surface area contributed by atoms with Gasteiger partial charge < -0.3 is 14.8 Å². The average molecular weight is 236 g/mol. The molecule has 0 saturated heterocycles. The van der Waals surface area contributed by atoms with Crippen LogP contribution in [0.2, 0.25) is 0 Å². The number of likely N-dealkylation sites (N-methyl/N-ethyl adjacent to an activating group) is 1. The smallest absolute Gasteiger partial charge is 0.128 e. The molecule has 0 aromatic heterocycles. The first kappa shape index (κ1) is 13.5.